The Labute approximate surface area is 203 Å². The van der Waals surface area contributed by atoms with Crippen molar-refractivity contribution in [3.8, 4) is 22.1 Å². The van der Waals surface area contributed by atoms with Crippen LogP contribution in [0, 0.1) is 6.92 Å². The van der Waals surface area contributed by atoms with E-state index in [4.69, 9.17) is 9.47 Å². The molecule has 8 heteroatoms. The molecule has 7 nitrogen and oxygen atoms in total. The van der Waals surface area contributed by atoms with Crippen LogP contribution in [-0.2, 0) is 6.54 Å². The number of hydrogen-bond acceptors (Lipinski definition) is 6. The first-order valence-electron chi connectivity index (χ1n) is 11.0. The number of nitrogens with zero attached hydrogens (tertiary/aromatic N) is 3. The maximum absolute atomic E-state index is 13.1. The molecule has 0 aliphatic carbocycles. The molecule has 4 rings (SSSR count). The summed E-state index contributed by atoms with van der Waals surface area (Å²) in [5.41, 5.74) is 3.38. The highest BCUT2D eigenvalue weighted by atomic mass is 32.1. The monoisotopic (exact) mass is 476 g/mol. The van der Waals surface area contributed by atoms with Crippen molar-refractivity contribution >= 4 is 22.9 Å². The zero-order chi connectivity index (χ0) is 24.2. The molecule has 34 heavy (non-hydrogen) atoms. The van der Waals surface area contributed by atoms with E-state index in [1.54, 1.807) is 14.2 Å². The zero-order valence-electron chi connectivity index (χ0n) is 20.0. The van der Waals surface area contributed by atoms with Gasteiger partial charge in [-0.2, -0.15) is 0 Å². The van der Waals surface area contributed by atoms with E-state index in [0.29, 0.717) is 34.5 Å². The second-order valence-electron chi connectivity index (χ2n) is 8.23. The fourth-order valence-electron chi connectivity index (χ4n) is 3.79. The highest BCUT2D eigenvalue weighted by molar-refractivity contribution is 7.17. The van der Waals surface area contributed by atoms with Gasteiger partial charge in [0.1, 0.15) is 15.7 Å². The first kappa shape index (κ1) is 23.5. The van der Waals surface area contributed by atoms with Gasteiger partial charge in [0.15, 0.2) is 11.5 Å². The number of hydrogen-bond donors (Lipinski definition) is 1. The molecule has 0 aliphatic rings. The lowest BCUT2D eigenvalue weighted by atomic mass is 10.1. The number of rotatable bonds is 8. The molecule has 2 heterocycles. The van der Waals surface area contributed by atoms with Crippen molar-refractivity contribution in [3.63, 3.8) is 0 Å². The van der Waals surface area contributed by atoms with Crippen molar-refractivity contribution < 1.29 is 14.3 Å². The quantitative estimate of drug-likeness (QED) is 0.350. The van der Waals surface area contributed by atoms with Crippen molar-refractivity contribution in [1.82, 2.24) is 14.5 Å². The van der Waals surface area contributed by atoms with Crippen molar-refractivity contribution in [2.75, 3.05) is 19.5 Å². The molecule has 4 aromatic rings. The molecule has 0 saturated heterocycles. The second kappa shape index (κ2) is 10.1. The third-order valence-corrected chi connectivity index (χ3v) is 6.64. The Morgan fingerprint density at radius 3 is 2.65 bits per heavy atom. The van der Waals surface area contributed by atoms with Crippen LogP contribution in [0.3, 0.4) is 0 Å². The van der Waals surface area contributed by atoms with Crippen LogP contribution in [0.5, 0.6) is 11.5 Å². The number of benzene rings is 2. The van der Waals surface area contributed by atoms with E-state index >= 15 is 0 Å². The fraction of sp³-hybridized carbons (Fsp3) is 0.269. The molecule has 0 saturated carbocycles. The summed E-state index contributed by atoms with van der Waals surface area (Å²) in [5.74, 6) is 2.47. The molecule has 2 aromatic heterocycles. The number of ether oxygens (including phenoxy) is 2. The van der Waals surface area contributed by atoms with Crippen molar-refractivity contribution in [2.24, 2.45) is 0 Å². The normalized spacial score (nSPS) is 11.0. The summed E-state index contributed by atoms with van der Waals surface area (Å²) in [5, 5.41) is 3.77. The number of carbonyl (C=O) groups excluding carboxylic acids is 1. The molecular weight excluding hydrogens is 448 g/mol. The van der Waals surface area contributed by atoms with Crippen LogP contribution in [0.25, 0.3) is 10.6 Å². The molecule has 176 valence electrons. The van der Waals surface area contributed by atoms with Crippen molar-refractivity contribution in [3.05, 3.63) is 76.8 Å². The van der Waals surface area contributed by atoms with Crippen LogP contribution < -0.4 is 14.8 Å². The number of aryl methyl sites for hydroxylation is 1. The maximum atomic E-state index is 13.1. The minimum Gasteiger partial charge on any atom is -0.493 e. The van der Waals surface area contributed by atoms with E-state index in [1.165, 1.54) is 11.3 Å². The molecular formula is C26H28N4O3S. The minimum absolute atomic E-state index is 0.177. The highest BCUT2D eigenvalue weighted by Gasteiger charge is 2.18. The van der Waals surface area contributed by atoms with Crippen LogP contribution in [0.4, 0.5) is 5.69 Å². The van der Waals surface area contributed by atoms with Gasteiger partial charge in [-0.3, -0.25) is 4.79 Å². The lowest BCUT2D eigenvalue weighted by Crippen LogP contribution is -2.12. The number of thiazole rings is 1. The summed E-state index contributed by atoms with van der Waals surface area (Å²) in [4.78, 5) is 22.7. The minimum atomic E-state index is -0.177. The molecule has 1 amide bonds. The van der Waals surface area contributed by atoms with E-state index in [-0.39, 0.29) is 5.91 Å². The van der Waals surface area contributed by atoms with E-state index in [9.17, 15) is 4.79 Å². The molecule has 0 bridgehead atoms. The third kappa shape index (κ3) is 4.97. The summed E-state index contributed by atoms with van der Waals surface area (Å²) in [6.45, 7) is 6.80. The van der Waals surface area contributed by atoms with Crippen molar-refractivity contribution in [1.29, 1.82) is 0 Å². The Morgan fingerprint density at radius 2 is 1.91 bits per heavy atom. The smallest absolute Gasteiger partial charge is 0.267 e. The van der Waals surface area contributed by atoms with Crippen LogP contribution in [-0.4, -0.2) is 34.7 Å². The third-order valence-electron chi connectivity index (χ3n) is 5.44. The van der Waals surface area contributed by atoms with Gasteiger partial charge in [-0.25, -0.2) is 9.97 Å². The van der Waals surface area contributed by atoms with Gasteiger partial charge in [-0.05, 0) is 42.8 Å². The zero-order valence-corrected chi connectivity index (χ0v) is 20.8. The SMILES string of the molecule is COc1ccc(-c2nc(C)c(C(=O)Nc3cccc(Cn4ccnc4C(C)C)c3)s2)cc1OC. The van der Waals surface area contributed by atoms with Gasteiger partial charge >= 0.3 is 0 Å². The Morgan fingerprint density at radius 1 is 1.12 bits per heavy atom. The largest absolute Gasteiger partial charge is 0.493 e. The first-order valence-corrected chi connectivity index (χ1v) is 11.8. The lowest BCUT2D eigenvalue weighted by Gasteiger charge is -2.12. The Kier molecular flexibility index (Phi) is 6.98. The number of anilines is 1. The Hall–Kier alpha value is -3.65. The highest BCUT2D eigenvalue weighted by Crippen LogP contribution is 2.35. The molecule has 0 aliphatic heterocycles. The van der Waals surface area contributed by atoms with Crippen LogP contribution in [0.1, 0.15) is 46.5 Å². The van der Waals surface area contributed by atoms with E-state index in [1.807, 2.05) is 61.8 Å². The Bertz CT molecular complexity index is 1310. The molecule has 0 atom stereocenters. The lowest BCUT2D eigenvalue weighted by molar-refractivity contribution is 0.103. The molecule has 0 spiro atoms. The van der Waals surface area contributed by atoms with Gasteiger partial charge in [0.05, 0.1) is 19.9 Å². The van der Waals surface area contributed by atoms with Gasteiger partial charge in [-0.15, -0.1) is 11.3 Å². The van der Waals surface area contributed by atoms with Gasteiger partial charge in [0, 0.05) is 36.1 Å². The summed E-state index contributed by atoms with van der Waals surface area (Å²) >= 11 is 1.35. The summed E-state index contributed by atoms with van der Waals surface area (Å²) in [6, 6.07) is 13.5. The second-order valence-corrected chi connectivity index (χ2v) is 9.22. The van der Waals surface area contributed by atoms with Crippen LogP contribution >= 0.6 is 11.3 Å². The van der Waals surface area contributed by atoms with Crippen LogP contribution in [0.2, 0.25) is 0 Å². The number of nitrogens with one attached hydrogen (secondary N) is 1. The van der Waals surface area contributed by atoms with Gasteiger partial charge < -0.3 is 19.4 Å². The fourth-order valence-corrected chi connectivity index (χ4v) is 4.74. The van der Waals surface area contributed by atoms with E-state index < -0.39 is 0 Å². The molecule has 2 aromatic carbocycles. The topological polar surface area (TPSA) is 78.3 Å². The predicted octanol–water partition coefficient (Wildman–Crippen LogP) is 5.76. The van der Waals surface area contributed by atoms with E-state index in [0.717, 1.165) is 27.6 Å². The van der Waals surface area contributed by atoms with Gasteiger partial charge in [-0.1, -0.05) is 26.0 Å². The van der Waals surface area contributed by atoms with E-state index in [2.05, 4.69) is 33.7 Å². The predicted molar refractivity (Wildman–Crippen MR) is 135 cm³/mol. The molecule has 1 N–H and O–H groups in total. The Balaban J connectivity index is 1.52. The standard InChI is InChI=1S/C26H28N4O3S/c1-16(2)24-27-11-12-30(24)15-18-7-6-8-20(13-18)29-25(31)23-17(3)28-26(34-23)19-9-10-21(32-4)22(14-19)33-5/h6-14,16H,15H2,1-5H3,(H,29,31). The van der Waals surface area contributed by atoms with Crippen LogP contribution in [0.15, 0.2) is 54.9 Å². The molecule has 0 fully saturated rings. The average Bonchev–Trinajstić information content (AvgIpc) is 3.45. The number of aromatic nitrogens is 3. The maximum Gasteiger partial charge on any atom is 0.267 e. The number of imidazole rings is 1. The number of amides is 1. The summed E-state index contributed by atoms with van der Waals surface area (Å²) < 4.78 is 12.8. The van der Waals surface area contributed by atoms with Gasteiger partial charge in [0.25, 0.3) is 5.91 Å². The van der Waals surface area contributed by atoms with Crippen molar-refractivity contribution in [2.45, 2.75) is 33.2 Å². The molecule has 0 unspecified atom stereocenters. The summed E-state index contributed by atoms with van der Waals surface area (Å²) in [6.07, 6.45) is 3.81. The van der Waals surface area contributed by atoms with Gasteiger partial charge in [0.2, 0.25) is 0 Å². The summed E-state index contributed by atoms with van der Waals surface area (Å²) in [7, 11) is 3.19. The number of methoxy groups -OCH3 is 2. The first-order chi connectivity index (χ1) is 16.4. The average molecular weight is 477 g/mol. The molecule has 0 radical (unpaired) electrons. The number of carbonyl (C=O) groups is 1.